The lowest BCUT2D eigenvalue weighted by Gasteiger charge is -2.28. The third kappa shape index (κ3) is 5.41. The van der Waals surface area contributed by atoms with Gasteiger partial charge in [0.1, 0.15) is 11.6 Å². The lowest BCUT2D eigenvalue weighted by atomic mass is 9.97. The predicted molar refractivity (Wildman–Crippen MR) is 127 cm³/mol. The zero-order chi connectivity index (χ0) is 25.4. The number of nitrogens with zero attached hydrogens (tertiary/aromatic N) is 1. The minimum Gasteiger partial charge on any atom is -0.391 e. The molecule has 4 aliphatic rings. The number of ether oxygens (including phenoxy) is 1. The van der Waals surface area contributed by atoms with Gasteiger partial charge < -0.3 is 20.1 Å². The lowest BCUT2D eigenvalue weighted by Crippen LogP contribution is -2.57. The molecule has 1 saturated heterocycles. The molecule has 0 unspecified atom stereocenters. The first-order valence-corrected chi connectivity index (χ1v) is 14.0. The molecule has 10 nitrogen and oxygen atoms in total. The van der Waals surface area contributed by atoms with Crippen LogP contribution in [0.5, 0.6) is 0 Å². The third-order valence-electron chi connectivity index (χ3n) is 7.97. The van der Waals surface area contributed by atoms with E-state index in [4.69, 9.17) is 4.74 Å². The van der Waals surface area contributed by atoms with Gasteiger partial charge in [0, 0.05) is 39.0 Å². The fourth-order valence-corrected chi connectivity index (χ4v) is 6.52. The van der Waals surface area contributed by atoms with E-state index in [9.17, 15) is 27.9 Å². The van der Waals surface area contributed by atoms with Gasteiger partial charge in [0.25, 0.3) is 5.91 Å². The van der Waals surface area contributed by atoms with E-state index in [0.717, 1.165) is 25.7 Å². The number of allylic oxidation sites excluding steroid dienone is 1. The maximum absolute atomic E-state index is 13.4. The van der Waals surface area contributed by atoms with Gasteiger partial charge in [-0.15, -0.1) is 0 Å². The highest BCUT2D eigenvalue weighted by molar-refractivity contribution is 7.91. The molecule has 0 aromatic heterocycles. The van der Waals surface area contributed by atoms with Gasteiger partial charge in [-0.1, -0.05) is 18.6 Å². The van der Waals surface area contributed by atoms with Gasteiger partial charge in [0.05, 0.1) is 10.9 Å². The monoisotopic (exact) mass is 511 g/mol. The lowest BCUT2D eigenvalue weighted by molar-refractivity contribution is -0.140. The number of hydrogen-bond donors (Lipinski definition) is 3. The van der Waals surface area contributed by atoms with Crippen LogP contribution in [0.25, 0.3) is 0 Å². The van der Waals surface area contributed by atoms with Crippen LogP contribution in [0, 0.1) is 11.8 Å². The first-order valence-electron chi connectivity index (χ1n) is 12.5. The van der Waals surface area contributed by atoms with Gasteiger partial charge in [-0.2, -0.15) is 0 Å². The van der Waals surface area contributed by atoms with Crippen LogP contribution in [0.3, 0.4) is 0 Å². The highest BCUT2D eigenvalue weighted by Gasteiger charge is 2.63. The summed E-state index contributed by atoms with van der Waals surface area (Å²) in [6.45, 7) is 2.08. The Hall–Kier alpha value is -1.98. The Balaban J connectivity index is 1.57. The molecule has 0 radical (unpaired) electrons. The van der Waals surface area contributed by atoms with Crippen molar-refractivity contribution in [2.24, 2.45) is 11.8 Å². The number of fused-ring (bicyclic) bond motifs is 2. The van der Waals surface area contributed by atoms with Crippen molar-refractivity contribution in [2.45, 2.75) is 87.1 Å². The quantitative estimate of drug-likeness (QED) is 0.459. The molecule has 196 valence electrons. The molecule has 4 rings (SSSR count). The van der Waals surface area contributed by atoms with Crippen molar-refractivity contribution in [3.8, 4) is 0 Å². The van der Waals surface area contributed by atoms with Crippen LogP contribution in [0.2, 0.25) is 0 Å². The van der Waals surface area contributed by atoms with Gasteiger partial charge >= 0.3 is 0 Å². The zero-order valence-electron chi connectivity index (χ0n) is 20.5. The normalized spacial score (nSPS) is 36.1. The number of carbonyl (C=O) groups excluding carboxylic acids is 3. The van der Waals surface area contributed by atoms with Crippen molar-refractivity contribution >= 4 is 27.7 Å². The van der Waals surface area contributed by atoms with Crippen molar-refractivity contribution in [3.63, 3.8) is 0 Å². The molecule has 2 saturated carbocycles. The number of hydrogen-bond acceptors (Lipinski definition) is 7. The van der Waals surface area contributed by atoms with Crippen LogP contribution in [-0.2, 0) is 29.1 Å². The third-order valence-corrected chi connectivity index (χ3v) is 10.1. The van der Waals surface area contributed by atoms with Crippen LogP contribution in [0.1, 0.15) is 64.7 Å². The highest BCUT2D eigenvalue weighted by Crippen LogP contribution is 2.47. The topological polar surface area (TPSA) is 142 Å². The average molecular weight is 512 g/mol. The summed E-state index contributed by atoms with van der Waals surface area (Å²) in [5.74, 6) is -1.84. The summed E-state index contributed by atoms with van der Waals surface area (Å²) in [6, 6.07) is -0.918. The van der Waals surface area contributed by atoms with E-state index >= 15 is 0 Å². The fraction of sp³-hybridized carbons (Fsp3) is 0.792. The second kappa shape index (κ2) is 9.82. The molecule has 2 aliphatic heterocycles. The Morgan fingerprint density at radius 2 is 2.06 bits per heavy atom. The Morgan fingerprint density at radius 3 is 2.74 bits per heavy atom. The molecular weight excluding hydrogens is 474 g/mol. The van der Waals surface area contributed by atoms with Gasteiger partial charge in [-0.3, -0.25) is 19.1 Å². The molecule has 0 spiro atoms. The van der Waals surface area contributed by atoms with Gasteiger partial charge in [0.2, 0.25) is 21.8 Å². The van der Waals surface area contributed by atoms with Crippen LogP contribution < -0.4 is 10.0 Å². The van der Waals surface area contributed by atoms with E-state index in [1.807, 2.05) is 12.2 Å². The number of nitrogens with one attached hydrogen (secondary N) is 2. The highest BCUT2D eigenvalue weighted by atomic mass is 32.2. The summed E-state index contributed by atoms with van der Waals surface area (Å²) < 4.78 is 32.0. The van der Waals surface area contributed by atoms with Gasteiger partial charge in [-0.05, 0) is 51.4 Å². The van der Waals surface area contributed by atoms with E-state index in [1.165, 1.54) is 4.90 Å². The van der Waals surface area contributed by atoms with E-state index in [1.54, 1.807) is 14.0 Å². The Kier molecular flexibility index (Phi) is 7.32. The van der Waals surface area contributed by atoms with Crippen molar-refractivity contribution in [2.75, 3.05) is 20.3 Å². The molecule has 11 heteroatoms. The Bertz CT molecular complexity index is 993. The Morgan fingerprint density at radius 1 is 1.31 bits per heavy atom. The molecule has 35 heavy (non-hydrogen) atoms. The molecular formula is C24H37N3O7S. The van der Waals surface area contributed by atoms with Crippen molar-refractivity contribution in [3.05, 3.63) is 12.2 Å². The molecule has 0 aromatic rings. The number of carbonyl (C=O) groups is 3. The minimum atomic E-state index is -3.87. The molecule has 2 heterocycles. The Labute approximate surface area is 206 Å². The van der Waals surface area contributed by atoms with Crippen LogP contribution >= 0.6 is 0 Å². The standard InChI is InChI=1S/C24H37N3O7S/c1-23(9-10-23)35(32,33)26-22(31)24-13-17(24)8-6-4-3-5-7-16(15-34-2)11-20(29)27-14-18(28)12-19(27)21(30)25-24/h6,8,16-19,28H,3-5,7,9-15H2,1-2H3,(H,25,30)(H,26,31)/b8-6-/t16-,17-,18-,19+,24-/m1/s1. The summed E-state index contributed by atoms with van der Waals surface area (Å²) in [5, 5.41) is 13.0. The first kappa shape index (κ1) is 26.1. The maximum atomic E-state index is 13.4. The molecule has 0 aromatic carbocycles. The average Bonchev–Trinajstić information content (AvgIpc) is 3.66. The fourth-order valence-electron chi connectivity index (χ4n) is 5.20. The molecule has 0 bridgehead atoms. The van der Waals surface area contributed by atoms with Crippen molar-refractivity contribution in [1.82, 2.24) is 14.9 Å². The van der Waals surface area contributed by atoms with Crippen molar-refractivity contribution < 1.29 is 32.6 Å². The summed E-state index contributed by atoms with van der Waals surface area (Å²) in [6.07, 6.45) is 7.96. The molecule has 3 fully saturated rings. The largest absolute Gasteiger partial charge is 0.391 e. The molecule has 5 atom stereocenters. The molecule has 3 N–H and O–H groups in total. The summed E-state index contributed by atoms with van der Waals surface area (Å²) in [5.41, 5.74) is -1.38. The zero-order valence-corrected chi connectivity index (χ0v) is 21.3. The number of aliphatic hydroxyl groups is 1. The van der Waals surface area contributed by atoms with Gasteiger partial charge in [0.15, 0.2) is 0 Å². The summed E-state index contributed by atoms with van der Waals surface area (Å²) >= 11 is 0. The van der Waals surface area contributed by atoms with Crippen LogP contribution in [-0.4, -0.2) is 78.8 Å². The predicted octanol–water partition coefficient (Wildman–Crippen LogP) is 0.605. The van der Waals surface area contributed by atoms with Crippen LogP contribution in [0.4, 0.5) is 0 Å². The number of rotatable bonds is 5. The van der Waals surface area contributed by atoms with Crippen LogP contribution in [0.15, 0.2) is 12.2 Å². The SMILES string of the molecule is COC[C@@H]1CCCC/C=C\[C@@H]2C[C@@]2(C(=O)NS(=O)(=O)C2(C)CC2)NC(=O)[C@@H]2C[C@@H](O)CN2C(=O)C1. The van der Waals surface area contributed by atoms with E-state index < -0.39 is 44.3 Å². The second-order valence-corrected chi connectivity index (χ2v) is 13.0. The van der Waals surface area contributed by atoms with E-state index in [0.29, 0.717) is 19.4 Å². The number of sulfonamides is 1. The minimum absolute atomic E-state index is 0.0163. The molecule has 2 aliphatic carbocycles. The van der Waals surface area contributed by atoms with Gasteiger partial charge in [-0.25, -0.2) is 8.42 Å². The second-order valence-electron chi connectivity index (χ2n) is 10.8. The van der Waals surface area contributed by atoms with E-state index in [-0.39, 0.29) is 43.6 Å². The first-order chi connectivity index (χ1) is 16.5. The summed E-state index contributed by atoms with van der Waals surface area (Å²) in [7, 11) is -2.27. The number of amides is 3. The number of methoxy groups -OCH3 is 1. The van der Waals surface area contributed by atoms with Crippen molar-refractivity contribution in [1.29, 1.82) is 0 Å². The molecule has 3 amide bonds. The number of aliphatic hydroxyl groups excluding tert-OH is 1. The van der Waals surface area contributed by atoms with E-state index in [2.05, 4.69) is 10.0 Å². The smallest absolute Gasteiger partial charge is 0.259 e. The summed E-state index contributed by atoms with van der Waals surface area (Å²) in [4.78, 5) is 41.1. The maximum Gasteiger partial charge on any atom is 0.259 e.